The van der Waals surface area contributed by atoms with Crippen LogP contribution in [0.4, 0.5) is 0 Å². The molecule has 4 rings (SSSR count). The molecule has 0 spiro atoms. The van der Waals surface area contributed by atoms with Gasteiger partial charge >= 0.3 is 0 Å². The second kappa shape index (κ2) is 9.03. The van der Waals surface area contributed by atoms with E-state index in [-0.39, 0.29) is 18.0 Å². The average molecular weight is 505 g/mol. The normalized spacial score (nSPS) is 18.6. The van der Waals surface area contributed by atoms with E-state index in [1.165, 1.54) is 5.56 Å². The van der Waals surface area contributed by atoms with Gasteiger partial charge in [-0.15, -0.1) is 0 Å². The quantitative estimate of drug-likeness (QED) is 0.409. The molecular formula is C24H22BrCl2N2O+. The molecule has 0 aliphatic carbocycles. The summed E-state index contributed by atoms with van der Waals surface area (Å²) in [6.45, 7) is 2.15. The van der Waals surface area contributed by atoms with Gasteiger partial charge in [0.25, 0.3) is 0 Å². The molecule has 3 aromatic carbocycles. The van der Waals surface area contributed by atoms with E-state index in [0.717, 1.165) is 33.3 Å². The molecule has 154 valence electrons. The van der Waals surface area contributed by atoms with Crippen molar-refractivity contribution >= 4 is 44.8 Å². The summed E-state index contributed by atoms with van der Waals surface area (Å²) in [6, 6.07) is 19.5. The van der Waals surface area contributed by atoms with Crippen molar-refractivity contribution in [2.24, 2.45) is 0 Å². The summed E-state index contributed by atoms with van der Waals surface area (Å²) in [5.74, 6) is 0.263. The van der Waals surface area contributed by atoms with Crippen LogP contribution in [0.25, 0.3) is 5.70 Å². The van der Waals surface area contributed by atoms with Crippen LogP contribution in [0.2, 0.25) is 10.0 Å². The van der Waals surface area contributed by atoms with Crippen LogP contribution < -0.4 is 10.6 Å². The molecule has 1 heterocycles. The minimum absolute atomic E-state index is 0.0960. The maximum atomic E-state index is 10.5. The molecule has 2 unspecified atom stereocenters. The van der Waals surface area contributed by atoms with Gasteiger partial charge in [0.2, 0.25) is 0 Å². The third kappa shape index (κ3) is 4.52. The number of benzene rings is 3. The van der Waals surface area contributed by atoms with Gasteiger partial charge in [-0.3, -0.25) is 0 Å². The minimum Gasteiger partial charge on any atom is -0.507 e. The van der Waals surface area contributed by atoms with Crippen molar-refractivity contribution in [1.82, 2.24) is 5.32 Å². The van der Waals surface area contributed by atoms with E-state index in [2.05, 4.69) is 63.8 Å². The van der Waals surface area contributed by atoms with Crippen LogP contribution in [-0.4, -0.2) is 5.11 Å². The summed E-state index contributed by atoms with van der Waals surface area (Å²) in [5, 5.41) is 17.5. The third-order valence-corrected chi connectivity index (χ3v) is 6.43. The number of rotatable bonds is 4. The Morgan fingerprint density at radius 2 is 1.77 bits per heavy atom. The number of hydrogen-bond donors (Lipinski definition) is 3. The number of aryl methyl sites for hydroxylation is 1. The zero-order valence-electron chi connectivity index (χ0n) is 16.4. The van der Waals surface area contributed by atoms with Gasteiger partial charge in [0, 0.05) is 26.8 Å². The molecule has 0 fully saturated rings. The van der Waals surface area contributed by atoms with E-state index in [1.807, 2.05) is 24.3 Å². The fourth-order valence-corrected chi connectivity index (χ4v) is 4.63. The van der Waals surface area contributed by atoms with Gasteiger partial charge in [-0.05, 0) is 53.9 Å². The second-order valence-corrected chi connectivity index (χ2v) is 9.10. The fourth-order valence-electron chi connectivity index (χ4n) is 3.73. The maximum absolute atomic E-state index is 10.5. The topological polar surface area (TPSA) is 48.9 Å². The number of phenols is 1. The number of hydrogen-bond acceptors (Lipinski definition) is 2. The Morgan fingerprint density at radius 3 is 2.47 bits per heavy atom. The van der Waals surface area contributed by atoms with Gasteiger partial charge in [-0.25, -0.2) is 0 Å². The number of nitrogens with two attached hydrogens (primary N) is 1. The monoisotopic (exact) mass is 503 g/mol. The molecule has 0 aromatic heterocycles. The Balaban J connectivity index is 1.78. The molecule has 4 N–H and O–H groups in total. The molecular weight excluding hydrogens is 483 g/mol. The first-order valence-corrected chi connectivity index (χ1v) is 11.4. The lowest BCUT2D eigenvalue weighted by Gasteiger charge is -2.30. The maximum Gasteiger partial charge on any atom is 0.188 e. The third-order valence-electron chi connectivity index (χ3n) is 5.38. The highest BCUT2D eigenvalue weighted by Crippen LogP contribution is 2.33. The van der Waals surface area contributed by atoms with Crippen molar-refractivity contribution in [3.8, 4) is 5.75 Å². The minimum atomic E-state index is -0.135. The second-order valence-electron chi connectivity index (χ2n) is 7.34. The smallest absolute Gasteiger partial charge is 0.188 e. The average Bonchev–Trinajstić information content (AvgIpc) is 2.75. The number of nitrogens with one attached hydrogen (secondary N) is 1. The van der Waals surface area contributed by atoms with Gasteiger partial charge in [-0.2, -0.15) is 0 Å². The molecule has 0 amide bonds. The van der Waals surface area contributed by atoms with E-state index >= 15 is 0 Å². The summed E-state index contributed by atoms with van der Waals surface area (Å²) in [7, 11) is 0. The lowest BCUT2D eigenvalue weighted by atomic mass is 9.97. The van der Waals surface area contributed by atoms with Crippen LogP contribution in [0.3, 0.4) is 0 Å². The molecule has 0 saturated carbocycles. The van der Waals surface area contributed by atoms with Crippen LogP contribution in [0.15, 0.2) is 71.2 Å². The molecule has 1 aliphatic rings. The van der Waals surface area contributed by atoms with E-state index in [0.29, 0.717) is 10.0 Å². The SMILES string of the molecule is CCc1ccc(C2=CC(c3cc(Br)ccc3O)[NH2+]C(c3ccc(Cl)cc3Cl)N2)cc1. The fraction of sp³-hybridized carbons (Fsp3) is 0.167. The molecule has 3 aromatic rings. The van der Waals surface area contributed by atoms with E-state index < -0.39 is 0 Å². The zero-order valence-corrected chi connectivity index (χ0v) is 19.5. The first-order valence-electron chi connectivity index (χ1n) is 9.80. The molecule has 3 nitrogen and oxygen atoms in total. The van der Waals surface area contributed by atoms with Crippen molar-refractivity contribution in [3.05, 3.63) is 104 Å². The van der Waals surface area contributed by atoms with E-state index in [1.54, 1.807) is 12.1 Å². The van der Waals surface area contributed by atoms with Gasteiger partial charge in [-0.1, -0.05) is 70.3 Å². The Kier molecular flexibility index (Phi) is 6.40. The van der Waals surface area contributed by atoms with Crippen LogP contribution in [0.5, 0.6) is 5.75 Å². The van der Waals surface area contributed by atoms with Gasteiger partial charge < -0.3 is 15.7 Å². The molecule has 30 heavy (non-hydrogen) atoms. The lowest BCUT2D eigenvalue weighted by Crippen LogP contribution is -2.89. The Morgan fingerprint density at radius 1 is 1.00 bits per heavy atom. The summed E-state index contributed by atoms with van der Waals surface area (Å²) in [6.07, 6.45) is 3.00. The molecule has 2 atom stereocenters. The summed E-state index contributed by atoms with van der Waals surface area (Å²) in [4.78, 5) is 0. The first kappa shape index (κ1) is 21.3. The van der Waals surface area contributed by atoms with Crippen molar-refractivity contribution < 1.29 is 10.4 Å². The Bertz CT molecular complexity index is 1100. The van der Waals surface area contributed by atoms with Gasteiger partial charge in [0.1, 0.15) is 11.8 Å². The number of quaternary nitrogens is 1. The van der Waals surface area contributed by atoms with E-state index in [9.17, 15) is 5.11 Å². The van der Waals surface area contributed by atoms with E-state index in [4.69, 9.17) is 23.2 Å². The van der Waals surface area contributed by atoms with Crippen LogP contribution in [-0.2, 0) is 6.42 Å². The highest BCUT2D eigenvalue weighted by atomic mass is 79.9. The molecule has 6 heteroatoms. The Hall–Kier alpha value is -1.98. The van der Waals surface area contributed by atoms with Crippen LogP contribution >= 0.6 is 39.1 Å². The van der Waals surface area contributed by atoms with Crippen molar-refractivity contribution in [3.63, 3.8) is 0 Å². The van der Waals surface area contributed by atoms with Crippen molar-refractivity contribution in [1.29, 1.82) is 0 Å². The predicted molar refractivity (Wildman–Crippen MR) is 127 cm³/mol. The zero-order chi connectivity index (χ0) is 21.3. The van der Waals surface area contributed by atoms with Gasteiger partial charge in [0.05, 0.1) is 10.6 Å². The highest BCUT2D eigenvalue weighted by Gasteiger charge is 2.30. The van der Waals surface area contributed by atoms with Gasteiger partial charge in [0.15, 0.2) is 6.17 Å². The highest BCUT2D eigenvalue weighted by molar-refractivity contribution is 9.10. The Labute approximate surface area is 194 Å². The largest absolute Gasteiger partial charge is 0.507 e. The number of halogens is 3. The summed E-state index contributed by atoms with van der Waals surface area (Å²) in [5.41, 5.74) is 5.16. The first-order chi connectivity index (χ1) is 14.4. The lowest BCUT2D eigenvalue weighted by molar-refractivity contribution is -0.731. The summed E-state index contributed by atoms with van der Waals surface area (Å²) < 4.78 is 0.922. The van der Waals surface area contributed by atoms with Crippen LogP contribution in [0, 0.1) is 0 Å². The molecule has 0 saturated heterocycles. The van der Waals surface area contributed by atoms with Crippen molar-refractivity contribution in [2.45, 2.75) is 25.6 Å². The predicted octanol–water partition coefficient (Wildman–Crippen LogP) is 5.97. The standard InChI is InChI=1S/C24H21BrCl2N2O/c1-2-14-3-5-15(6-4-14)21-13-22(19-11-16(25)7-10-23(19)30)29-24(28-21)18-9-8-17(26)12-20(18)27/h3-13,22,24,28-30H,2H2,1H3/p+1. The molecule has 0 radical (unpaired) electrons. The summed E-state index contributed by atoms with van der Waals surface area (Å²) >= 11 is 16.2. The van der Waals surface area contributed by atoms with Crippen molar-refractivity contribution in [2.75, 3.05) is 0 Å². The number of phenolic OH excluding ortho intramolecular Hbond substituents is 1. The molecule has 1 aliphatic heterocycles. The number of aromatic hydroxyl groups is 1. The van der Waals surface area contributed by atoms with Crippen LogP contribution in [0.1, 0.15) is 41.4 Å². The molecule has 0 bridgehead atoms.